The Balaban J connectivity index is 2.78. The summed E-state index contributed by atoms with van der Waals surface area (Å²) in [6.45, 7) is 10.9. The van der Waals surface area contributed by atoms with E-state index in [0.29, 0.717) is 0 Å². The van der Waals surface area contributed by atoms with E-state index in [1.807, 2.05) is 0 Å². The van der Waals surface area contributed by atoms with Gasteiger partial charge in [0, 0.05) is 12.2 Å². The van der Waals surface area contributed by atoms with E-state index in [-0.39, 0.29) is 0 Å². The summed E-state index contributed by atoms with van der Waals surface area (Å²) in [5, 5.41) is 8.33. The van der Waals surface area contributed by atoms with Gasteiger partial charge >= 0.3 is 0 Å². The van der Waals surface area contributed by atoms with E-state index < -0.39 is 0 Å². The molecule has 4 nitrogen and oxygen atoms in total. The summed E-state index contributed by atoms with van der Waals surface area (Å²) >= 11 is 0. The normalized spacial score (nSPS) is 11.5. The van der Waals surface area contributed by atoms with Crippen molar-refractivity contribution in [2.45, 2.75) is 53.0 Å². The molecule has 0 fully saturated rings. The lowest BCUT2D eigenvalue weighted by Gasteiger charge is -2.12. The first-order chi connectivity index (χ1) is 9.63. The summed E-state index contributed by atoms with van der Waals surface area (Å²) in [7, 11) is 4.23. The lowest BCUT2D eigenvalue weighted by molar-refractivity contribution is 0.369. The molecule has 1 heterocycles. The Labute approximate surface area is 124 Å². The van der Waals surface area contributed by atoms with Gasteiger partial charge in [-0.2, -0.15) is 5.10 Å². The highest BCUT2D eigenvalue weighted by Gasteiger charge is 2.14. The third-order valence-electron chi connectivity index (χ3n) is 3.66. The highest BCUT2D eigenvalue weighted by molar-refractivity contribution is 5.27. The molecule has 0 unspecified atom stereocenters. The summed E-state index contributed by atoms with van der Waals surface area (Å²) < 4.78 is 2.23. The maximum atomic E-state index is 4.83. The molecule has 0 atom stereocenters. The molecule has 0 aliphatic carbocycles. The average molecular weight is 280 g/mol. The van der Waals surface area contributed by atoms with Crippen LogP contribution in [-0.4, -0.2) is 48.4 Å². The second-order valence-corrected chi connectivity index (χ2v) is 5.61. The first-order valence-electron chi connectivity index (χ1n) is 8.06. The molecular weight excluding hydrogens is 248 g/mol. The van der Waals surface area contributed by atoms with Crippen LogP contribution in [0.1, 0.15) is 44.1 Å². The maximum Gasteiger partial charge on any atom is 0.0657 e. The quantitative estimate of drug-likeness (QED) is 0.666. The molecule has 116 valence electrons. The molecule has 1 aromatic rings. The fourth-order valence-corrected chi connectivity index (χ4v) is 2.55. The standard InChI is InChI=1S/C16H32N4/c1-6-10-17-11-9-14-15(7-2)18-20(16(14)8-3)13-12-19(4)5/h17H,6-13H2,1-5H3. The number of nitrogens with zero attached hydrogens (tertiary/aromatic N) is 3. The predicted molar refractivity (Wildman–Crippen MR) is 86.4 cm³/mol. The van der Waals surface area contributed by atoms with E-state index in [9.17, 15) is 0 Å². The van der Waals surface area contributed by atoms with Crippen molar-refractivity contribution in [1.82, 2.24) is 20.0 Å². The van der Waals surface area contributed by atoms with Crippen LogP contribution in [0, 0.1) is 0 Å². The van der Waals surface area contributed by atoms with Crippen LogP contribution >= 0.6 is 0 Å². The molecule has 1 aromatic heterocycles. The van der Waals surface area contributed by atoms with E-state index in [1.165, 1.54) is 23.4 Å². The van der Waals surface area contributed by atoms with Gasteiger partial charge in [-0.25, -0.2) is 0 Å². The van der Waals surface area contributed by atoms with Crippen molar-refractivity contribution in [2.24, 2.45) is 0 Å². The number of hydrogen-bond donors (Lipinski definition) is 1. The van der Waals surface area contributed by atoms with Crippen molar-refractivity contribution in [1.29, 1.82) is 0 Å². The Hall–Kier alpha value is -0.870. The van der Waals surface area contributed by atoms with Crippen molar-refractivity contribution in [3.05, 3.63) is 17.0 Å². The second-order valence-electron chi connectivity index (χ2n) is 5.61. The molecule has 0 saturated carbocycles. The Morgan fingerprint density at radius 2 is 1.85 bits per heavy atom. The SMILES string of the molecule is CCCNCCc1c(CC)nn(CCN(C)C)c1CC. The summed E-state index contributed by atoms with van der Waals surface area (Å²) in [5.41, 5.74) is 4.21. The van der Waals surface area contributed by atoms with Crippen LogP contribution in [0.4, 0.5) is 0 Å². The summed E-state index contributed by atoms with van der Waals surface area (Å²) in [5.74, 6) is 0. The highest BCUT2D eigenvalue weighted by atomic mass is 15.3. The van der Waals surface area contributed by atoms with Gasteiger partial charge in [0.05, 0.1) is 12.2 Å². The second kappa shape index (κ2) is 9.14. The lowest BCUT2D eigenvalue weighted by atomic mass is 10.1. The van der Waals surface area contributed by atoms with Crippen LogP contribution in [0.3, 0.4) is 0 Å². The summed E-state index contributed by atoms with van der Waals surface area (Å²) in [6, 6.07) is 0. The molecule has 0 bridgehead atoms. The van der Waals surface area contributed by atoms with Crippen molar-refractivity contribution < 1.29 is 0 Å². The minimum Gasteiger partial charge on any atom is -0.316 e. The zero-order valence-electron chi connectivity index (χ0n) is 14.0. The van der Waals surface area contributed by atoms with E-state index >= 15 is 0 Å². The predicted octanol–water partition coefficient (Wildman–Crippen LogP) is 2.11. The van der Waals surface area contributed by atoms with Crippen LogP contribution in [0.25, 0.3) is 0 Å². The average Bonchev–Trinajstić information content (AvgIpc) is 2.78. The number of rotatable bonds is 10. The fourth-order valence-electron chi connectivity index (χ4n) is 2.55. The van der Waals surface area contributed by atoms with Gasteiger partial charge in [0.25, 0.3) is 0 Å². The first-order valence-corrected chi connectivity index (χ1v) is 8.06. The zero-order chi connectivity index (χ0) is 15.0. The van der Waals surface area contributed by atoms with Crippen LogP contribution < -0.4 is 5.32 Å². The third-order valence-corrected chi connectivity index (χ3v) is 3.66. The van der Waals surface area contributed by atoms with E-state index in [0.717, 1.165) is 45.4 Å². The summed E-state index contributed by atoms with van der Waals surface area (Å²) in [4.78, 5) is 2.22. The molecular formula is C16H32N4. The third kappa shape index (κ3) is 4.91. The smallest absolute Gasteiger partial charge is 0.0657 e. The highest BCUT2D eigenvalue weighted by Crippen LogP contribution is 2.17. The Morgan fingerprint density at radius 1 is 1.10 bits per heavy atom. The van der Waals surface area contributed by atoms with Crippen LogP contribution in [0.2, 0.25) is 0 Å². The molecule has 1 rings (SSSR count). The largest absolute Gasteiger partial charge is 0.316 e. The van der Waals surface area contributed by atoms with Crippen molar-refractivity contribution in [2.75, 3.05) is 33.7 Å². The van der Waals surface area contributed by atoms with Crippen LogP contribution in [0.5, 0.6) is 0 Å². The van der Waals surface area contributed by atoms with Crippen molar-refractivity contribution in [3.63, 3.8) is 0 Å². The van der Waals surface area contributed by atoms with E-state index in [1.54, 1.807) is 0 Å². The maximum absolute atomic E-state index is 4.83. The lowest BCUT2D eigenvalue weighted by Crippen LogP contribution is -2.21. The molecule has 0 aliphatic rings. The fraction of sp³-hybridized carbons (Fsp3) is 0.812. The van der Waals surface area contributed by atoms with E-state index in [4.69, 9.17) is 5.10 Å². The molecule has 0 aromatic carbocycles. The van der Waals surface area contributed by atoms with E-state index in [2.05, 4.69) is 49.8 Å². The number of aryl methyl sites for hydroxylation is 1. The number of aromatic nitrogens is 2. The van der Waals surface area contributed by atoms with Crippen LogP contribution in [0.15, 0.2) is 0 Å². The summed E-state index contributed by atoms with van der Waals surface area (Å²) in [6.07, 6.45) is 4.41. The minimum atomic E-state index is 0.992. The monoisotopic (exact) mass is 280 g/mol. The number of nitrogens with one attached hydrogen (secondary N) is 1. The molecule has 0 saturated heterocycles. The molecule has 1 N–H and O–H groups in total. The topological polar surface area (TPSA) is 33.1 Å². The molecule has 0 radical (unpaired) electrons. The number of likely N-dealkylation sites (N-methyl/N-ethyl adjacent to an activating group) is 1. The van der Waals surface area contributed by atoms with Gasteiger partial charge in [0.15, 0.2) is 0 Å². The van der Waals surface area contributed by atoms with Gasteiger partial charge in [-0.05, 0) is 58.4 Å². The zero-order valence-corrected chi connectivity index (χ0v) is 14.0. The molecule has 0 spiro atoms. The van der Waals surface area contributed by atoms with Gasteiger partial charge in [-0.1, -0.05) is 20.8 Å². The van der Waals surface area contributed by atoms with Gasteiger partial charge in [0.2, 0.25) is 0 Å². The molecule has 20 heavy (non-hydrogen) atoms. The first kappa shape index (κ1) is 17.2. The van der Waals surface area contributed by atoms with Crippen molar-refractivity contribution in [3.8, 4) is 0 Å². The van der Waals surface area contributed by atoms with Gasteiger partial charge in [-0.15, -0.1) is 0 Å². The van der Waals surface area contributed by atoms with Gasteiger partial charge in [0.1, 0.15) is 0 Å². The molecule has 4 heteroatoms. The van der Waals surface area contributed by atoms with Gasteiger partial charge in [-0.3, -0.25) is 4.68 Å². The van der Waals surface area contributed by atoms with Gasteiger partial charge < -0.3 is 10.2 Å². The molecule has 0 aliphatic heterocycles. The minimum absolute atomic E-state index is 0.992. The number of hydrogen-bond acceptors (Lipinski definition) is 3. The molecule has 0 amide bonds. The Bertz CT molecular complexity index is 382. The van der Waals surface area contributed by atoms with Crippen LogP contribution in [-0.2, 0) is 25.8 Å². The van der Waals surface area contributed by atoms with Crippen molar-refractivity contribution >= 4 is 0 Å². The Kier molecular flexibility index (Phi) is 7.85. The Morgan fingerprint density at radius 3 is 2.40 bits per heavy atom.